The zero-order valence-electron chi connectivity index (χ0n) is 10.6. The lowest BCUT2D eigenvalue weighted by Crippen LogP contribution is -2.05. The standard InChI is InChI=1S/C13H9ClF3N3S/c14-4-12-19-10-3-8(13(15,16)17)1-2-11(10)20(12)5-9-6-21-7-18-9/h1-3,6-7H,4-5H2. The van der Waals surface area contributed by atoms with Crippen LogP contribution in [0.15, 0.2) is 29.1 Å². The molecule has 0 saturated heterocycles. The summed E-state index contributed by atoms with van der Waals surface area (Å²) in [6.45, 7) is 0.438. The molecule has 0 atom stereocenters. The molecule has 0 unspecified atom stereocenters. The maximum Gasteiger partial charge on any atom is 0.416 e. The highest BCUT2D eigenvalue weighted by molar-refractivity contribution is 7.07. The van der Waals surface area contributed by atoms with Crippen molar-refractivity contribution in [3.8, 4) is 0 Å². The average molecular weight is 332 g/mol. The van der Waals surface area contributed by atoms with Crippen LogP contribution in [0.25, 0.3) is 11.0 Å². The van der Waals surface area contributed by atoms with Crippen LogP contribution < -0.4 is 0 Å². The number of halogens is 4. The van der Waals surface area contributed by atoms with Crippen LogP contribution in [0.2, 0.25) is 0 Å². The summed E-state index contributed by atoms with van der Waals surface area (Å²) < 4.78 is 40.0. The Morgan fingerprint density at radius 1 is 1.29 bits per heavy atom. The maximum absolute atomic E-state index is 12.7. The van der Waals surface area contributed by atoms with Crippen LogP contribution in [0.1, 0.15) is 17.1 Å². The fourth-order valence-corrected chi connectivity index (χ4v) is 2.87. The first kappa shape index (κ1) is 14.3. The van der Waals surface area contributed by atoms with Crippen LogP contribution in [0.4, 0.5) is 13.2 Å². The van der Waals surface area contributed by atoms with E-state index in [-0.39, 0.29) is 11.4 Å². The molecule has 2 heterocycles. The SMILES string of the molecule is FC(F)(F)c1ccc2c(c1)nc(CCl)n2Cc1cscn1. The molecule has 110 valence electrons. The van der Waals surface area contributed by atoms with E-state index in [1.165, 1.54) is 17.4 Å². The molecular formula is C13H9ClF3N3S. The zero-order chi connectivity index (χ0) is 15.0. The molecule has 21 heavy (non-hydrogen) atoms. The Kier molecular flexibility index (Phi) is 3.62. The van der Waals surface area contributed by atoms with Crippen molar-refractivity contribution < 1.29 is 13.2 Å². The van der Waals surface area contributed by atoms with Crippen molar-refractivity contribution in [2.24, 2.45) is 0 Å². The molecular weight excluding hydrogens is 323 g/mol. The van der Waals surface area contributed by atoms with Crippen LogP contribution >= 0.6 is 22.9 Å². The smallest absolute Gasteiger partial charge is 0.321 e. The number of hydrogen-bond donors (Lipinski definition) is 0. The van der Waals surface area contributed by atoms with E-state index < -0.39 is 11.7 Å². The second-order valence-electron chi connectivity index (χ2n) is 4.43. The third kappa shape index (κ3) is 2.75. The first-order valence-electron chi connectivity index (χ1n) is 5.98. The second-order valence-corrected chi connectivity index (χ2v) is 5.41. The number of alkyl halides is 4. The highest BCUT2D eigenvalue weighted by Crippen LogP contribution is 2.31. The van der Waals surface area contributed by atoms with E-state index in [0.29, 0.717) is 17.9 Å². The lowest BCUT2D eigenvalue weighted by atomic mass is 10.2. The molecule has 0 aliphatic rings. The molecule has 0 fully saturated rings. The minimum Gasteiger partial charge on any atom is -0.321 e. The van der Waals surface area contributed by atoms with Crippen LogP contribution in [0.5, 0.6) is 0 Å². The topological polar surface area (TPSA) is 30.7 Å². The minimum atomic E-state index is -4.38. The third-order valence-electron chi connectivity index (χ3n) is 3.08. The van der Waals surface area contributed by atoms with Crippen molar-refractivity contribution in [3.05, 3.63) is 46.2 Å². The number of aromatic nitrogens is 3. The highest BCUT2D eigenvalue weighted by atomic mass is 35.5. The van der Waals surface area contributed by atoms with Gasteiger partial charge < -0.3 is 4.57 Å². The van der Waals surface area contributed by atoms with Gasteiger partial charge in [0.15, 0.2) is 0 Å². The predicted octanol–water partition coefficient (Wildman–Crippen LogP) is 4.30. The van der Waals surface area contributed by atoms with Gasteiger partial charge in [-0.25, -0.2) is 9.97 Å². The molecule has 0 bridgehead atoms. The van der Waals surface area contributed by atoms with Gasteiger partial charge in [-0.2, -0.15) is 13.2 Å². The van der Waals surface area contributed by atoms with Crippen LogP contribution in [0.3, 0.4) is 0 Å². The fraction of sp³-hybridized carbons (Fsp3) is 0.231. The van der Waals surface area contributed by atoms with Gasteiger partial charge in [-0.15, -0.1) is 22.9 Å². The molecule has 0 radical (unpaired) electrons. The lowest BCUT2D eigenvalue weighted by molar-refractivity contribution is -0.137. The third-order valence-corrected chi connectivity index (χ3v) is 3.95. The summed E-state index contributed by atoms with van der Waals surface area (Å²) in [4.78, 5) is 8.37. The second kappa shape index (κ2) is 5.31. The van der Waals surface area contributed by atoms with Gasteiger partial charge in [0.2, 0.25) is 0 Å². The number of thiazole rings is 1. The molecule has 3 nitrogen and oxygen atoms in total. The van der Waals surface area contributed by atoms with Gasteiger partial charge in [-0.1, -0.05) is 0 Å². The summed E-state index contributed by atoms with van der Waals surface area (Å²) in [5.41, 5.74) is 2.72. The van der Waals surface area contributed by atoms with Crippen molar-refractivity contribution in [2.45, 2.75) is 18.6 Å². The van der Waals surface area contributed by atoms with Crippen molar-refractivity contribution in [2.75, 3.05) is 0 Å². The van der Waals surface area contributed by atoms with Gasteiger partial charge in [-0.05, 0) is 18.2 Å². The molecule has 0 amide bonds. The molecule has 2 aromatic heterocycles. The van der Waals surface area contributed by atoms with Gasteiger partial charge in [0.1, 0.15) is 5.82 Å². The Labute approximate surface area is 127 Å². The average Bonchev–Trinajstić information content (AvgIpc) is 3.05. The lowest BCUT2D eigenvalue weighted by Gasteiger charge is -2.07. The summed E-state index contributed by atoms with van der Waals surface area (Å²) >= 11 is 7.31. The highest BCUT2D eigenvalue weighted by Gasteiger charge is 2.31. The van der Waals surface area contributed by atoms with E-state index in [2.05, 4.69) is 9.97 Å². The Morgan fingerprint density at radius 3 is 2.71 bits per heavy atom. The first-order chi connectivity index (χ1) is 9.99. The number of benzene rings is 1. The van der Waals surface area contributed by atoms with Gasteiger partial charge in [0.05, 0.1) is 40.2 Å². The Hall–Kier alpha value is -1.60. The summed E-state index contributed by atoms with van der Waals surface area (Å²) in [6.07, 6.45) is -4.38. The predicted molar refractivity (Wildman–Crippen MR) is 75.5 cm³/mol. The van der Waals surface area contributed by atoms with E-state index in [9.17, 15) is 13.2 Å². The fourth-order valence-electron chi connectivity index (χ4n) is 2.11. The largest absolute Gasteiger partial charge is 0.416 e. The van der Waals surface area contributed by atoms with Gasteiger partial charge in [-0.3, -0.25) is 0 Å². The van der Waals surface area contributed by atoms with Crippen LogP contribution in [-0.4, -0.2) is 14.5 Å². The maximum atomic E-state index is 12.7. The number of imidazole rings is 1. The monoisotopic (exact) mass is 331 g/mol. The van der Waals surface area contributed by atoms with Crippen molar-refractivity contribution in [3.63, 3.8) is 0 Å². The quantitative estimate of drug-likeness (QED) is 0.670. The van der Waals surface area contributed by atoms with E-state index >= 15 is 0 Å². The Balaban J connectivity index is 2.10. The van der Waals surface area contributed by atoms with E-state index in [1.807, 2.05) is 5.38 Å². The molecule has 0 spiro atoms. The summed E-state index contributed by atoms with van der Waals surface area (Å²) in [5, 5.41) is 1.88. The first-order valence-corrected chi connectivity index (χ1v) is 7.46. The van der Waals surface area contributed by atoms with E-state index in [1.54, 1.807) is 10.1 Å². The normalized spacial score (nSPS) is 12.2. The van der Waals surface area contributed by atoms with Crippen LogP contribution in [-0.2, 0) is 18.6 Å². The van der Waals surface area contributed by atoms with Gasteiger partial charge in [0.25, 0.3) is 0 Å². The van der Waals surface area contributed by atoms with Crippen LogP contribution in [0, 0.1) is 0 Å². The van der Waals surface area contributed by atoms with Crippen molar-refractivity contribution >= 4 is 34.0 Å². The van der Waals surface area contributed by atoms with Crippen molar-refractivity contribution in [1.29, 1.82) is 0 Å². The Morgan fingerprint density at radius 2 is 2.10 bits per heavy atom. The molecule has 3 aromatic rings. The molecule has 0 aliphatic carbocycles. The molecule has 3 rings (SSSR count). The van der Waals surface area contributed by atoms with E-state index in [0.717, 1.165) is 17.8 Å². The number of rotatable bonds is 3. The van der Waals surface area contributed by atoms with Crippen molar-refractivity contribution in [1.82, 2.24) is 14.5 Å². The summed E-state index contributed by atoms with van der Waals surface area (Å²) in [5.74, 6) is 0.652. The molecule has 0 aliphatic heterocycles. The molecule has 1 aromatic carbocycles. The Bertz CT molecular complexity index is 765. The van der Waals surface area contributed by atoms with Gasteiger partial charge >= 0.3 is 6.18 Å². The summed E-state index contributed by atoms with van der Waals surface area (Å²) in [6, 6.07) is 3.52. The number of fused-ring (bicyclic) bond motifs is 1. The number of nitrogens with zero attached hydrogens (tertiary/aromatic N) is 3. The molecule has 0 N–H and O–H groups in total. The number of hydrogen-bond acceptors (Lipinski definition) is 3. The zero-order valence-corrected chi connectivity index (χ0v) is 12.1. The minimum absolute atomic E-state index is 0.125. The van der Waals surface area contributed by atoms with E-state index in [4.69, 9.17) is 11.6 Å². The summed E-state index contributed by atoms with van der Waals surface area (Å²) in [7, 11) is 0. The molecule has 8 heteroatoms. The molecule has 0 saturated carbocycles. The van der Waals surface area contributed by atoms with Gasteiger partial charge in [0, 0.05) is 5.38 Å².